The van der Waals surface area contributed by atoms with Crippen molar-refractivity contribution in [3.63, 3.8) is 0 Å². The summed E-state index contributed by atoms with van der Waals surface area (Å²) in [5.41, 5.74) is 6.20. The van der Waals surface area contributed by atoms with Gasteiger partial charge in [0.1, 0.15) is 5.75 Å². The number of rotatable bonds is 5. The highest BCUT2D eigenvalue weighted by molar-refractivity contribution is 7.99. The van der Waals surface area contributed by atoms with Crippen LogP contribution in [0.15, 0.2) is 84.9 Å². The van der Waals surface area contributed by atoms with Crippen LogP contribution in [0, 0.1) is 0 Å². The number of thioether (sulfide) groups is 1. The standard InChI is InChI=1S/C24H24N2OS/c1-25-22(18-10-6-4-7-11-18)23(19-12-8-5-9-13-19)26(24(25)28-3)20-14-16-21(27-2)17-15-20/h4-17,24H,1-3H3. The van der Waals surface area contributed by atoms with E-state index in [0.29, 0.717) is 0 Å². The zero-order valence-corrected chi connectivity index (χ0v) is 17.2. The molecule has 0 fully saturated rings. The Morgan fingerprint density at radius 3 is 1.79 bits per heavy atom. The third-order valence-corrected chi connectivity index (χ3v) is 5.97. The molecule has 0 saturated heterocycles. The van der Waals surface area contributed by atoms with Gasteiger partial charge in [0.2, 0.25) is 0 Å². The predicted octanol–water partition coefficient (Wildman–Crippen LogP) is 5.62. The van der Waals surface area contributed by atoms with E-state index < -0.39 is 0 Å². The molecule has 0 aliphatic carbocycles. The predicted molar refractivity (Wildman–Crippen MR) is 120 cm³/mol. The molecule has 0 bridgehead atoms. The summed E-state index contributed by atoms with van der Waals surface area (Å²) in [5, 5.41) is 0. The lowest BCUT2D eigenvalue weighted by molar-refractivity contribution is 0.414. The van der Waals surface area contributed by atoms with Gasteiger partial charge in [0.05, 0.1) is 18.5 Å². The van der Waals surface area contributed by atoms with Gasteiger partial charge < -0.3 is 14.5 Å². The van der Waals surface area contributed by atoms with Gasteiger partial charge in [0.15, 0.2) is 5.50 Å². The van der Waals surface area contributed by atoms with Crippen molar-refractivity contribution in [3.8, 4) is 5.75 Å². The Morgan fingerprint density at radius 2 is 1.29 bits per heavy atom. The molecule has 1 aliphatic heterocycles. The van der Waals surface area contributed by atoms with E-state index in [0.717, 1.165) is 11.4 Å². The van der Waals surface area contributed by atoms with E-state index in [-0.39, 0.29) is 5.50 Å². The van der Waals surface area contributed by atoms with E-state index in [9.17, 15) is 0 Å². The van der Waals surface area contributed by atoms with Crippen LogP contribution in [0.4, 0.5) is 5.69 Å². The largest absolute Gasteiger partial charge is 0.497 e. The molecule has 1 aliphatic rings. The monoisotopic (exact) mass is 388 g/mol. The first-order chi connectivity index (χ1) is 13.7. The maximum atomic E-state index is 5.36. The van der Waals surface area contributed by atoms with Gasteiger partial charge in [0.25, 0.3) is 0 Å². The Hall–Kier alpha value is -2.85. The summed E-state index contributed by atoms with van der Waals surface area (Å²) in [7, 11) is 3.88. The second-order valence-electron chi connectivity index (χ2n) is 6.67. The maximum Gasteiger partial charge on any atom is 0.154 e. The molecule has 4 rings (SSSR count). The molecule has 0 amide bonds. The quantitative estimate of drug-likeness (QED) is 0.563. The lowest BCUT2D eigenvalue weighted by Crippen LogP contribution is -2.35. The molecule has 1 atom stereocenters. The molecule has 0 saturated carbocycles. The minimum absolute atomic E-state index is 0.166. The first kappa shape index (κ1) is 18.5. The van der Waals surface area contributed by atoms with Gasteiger partial charge in [-0.15, -0.1) is 11.8 Å². The van der Waals surface area contributed by atoms with Gasteiger partial charge in [-0.1, -0.05) is 60.7 Å². The number of ether oxygens (including phenoxy) is 1. The van der Waals surface area contributed by atoms with Crippen molar-refractivity contribution < 1.29 is 4.74 Å². The zero-order valence-electron chi connectivity index (χ0n) is 16.4. The average Bonchev–Trinajstić information content (AvgIpc) is 3.07. The SMILES string of the molecule is COc1ccc(N2C(c3ccccc3)=C(c3ccccc3)N(C)C2SC)cc1. The molecule has 0 aromatic heterocycles. The maximum absolute atomic E-state index is 5.36. The number of benzene rings is 3. The van der Waals surface area contributed by atoms with Crippen molar-refractivity contribution in [3.05, 3.63) is 96.1 Å². The van der Waals surface area contributed by atoms with Crippen LogP contribution in [-0.2, 0) is 0 Å². The van der Waals surface area contributed by atoms with Crippen molar-refractivity contribution in [2.75, 3.05) is 25.3 Å². The van der Waals surface area contributed by atoms with Crippen LogP contribution in [0.1, 0.15) is 11.1 Å². The van der Waals surface area contributed by atoms with Crippen LogP contribution in [0.2, 0.25) is 0 Å². The molecular weight excluding hydrogens is 364 g/mol. The van der Waals surface area contributed by atoms with Crippen molar-refractivity contribution in [2.45, 2.75) is 5.50 Å². The van der Waals surface area contributed by atoms with Gasteiger partial charge in [-0.3, -0.25) is 0 Å². The van der Waals surface area contributed by atoms with Crippen LogP contribution >= 0.6 is 11.8 Å². The molecule has 1 unspecified atom stereocenters. The Kier molecular flexibility index (Phi) is 5.31. The highest BCUT2D eigenvalue weighted by atomic mass is 32.2. The van der Waals surface area contributed by atoms with E-state index in [1.54, 1.807) is 7.11 Å². The first-order valence-electron chi connectivity index (χ1n) is 9.28. The van der Waals surface area contributed by atoms with Gasteiger partial charge in [-0.2, -0.15) is 0 Å². The number of anilines is 1. The van der Waals surface area contributed by atoms with E-state index in [1.807, 2.05) is 23.9 Å². The molecule has 0 N–H and O–H groups in total. The van der Waals surface area contributed by atoms with Gasteiger partial charge in [-0.25, -0.2) is 0 Å². The summed E-state index contributed by atoms with van der Waals surface area (Å²) in [5.74, 6) is 0.866. The van der Waals surface area contributed by atoms with E-state index in [2.05, 4.69) is 95.9 Å². The molecule has 28 heavy (non-hydrogen) atoms. The van der Waals surface area contributed by atoms with Crippen molar-refractivity contribution in [2.24, 2.45) is 0 Å². The van der Waals surface area contributed by atoms with Crippen molar-refractivity contribution in [1.29, 1.82) is 0 Å². The van der Waals surface area contributed by atoms with Crippen LogP contribution in [0.3, 0.4) is 0 Å². The lowest BCUT2D eigenvalue weighted by Gasteiger charge is -2.31. The molecule has 3 aromatic rings. The number of nitrogens with zero attached hydrogens (tertiary/aromatic N) is 2. The number of hydrogen-bond donors (Lipinski definition) is 0. The van der Waals surface area contributed by atoms with Gasteiger partial charge in [0, 0.05) is 23.9 Å². The van der Waals surface area contributed by atoms with E-state index in [4.69, 9.17) is 4.74 Å². The van der Waals surface area contributed by atoms with Gasteiger partial charge >= 0.3 is 0 Å². The van der Waals surface area contributed by atoms with Gasteiger partial charge in [-0.05, 0) is 30.5 Å². The normalized spacial score (nSPS) is 16.6. The highest BCUT2D eigenvalue weighted by Crippen LogP contribution is 2.45. The molecule has 3 aromatic carbocycles. The van der Waals surface area contributed by atoms with Crippen molar-refractivity contribution >= 4 is 28.8 Å². The Bertz CT molecular complexity index is 955. The fourth-order valence-corrected chi connectivity index (χ4v) is 4.61. The Balaban J connectivity index is 1.94. The fourth-order valence-electron chi connectivity index (χ4n) is 3.75. The summed E-state index contributed by atoms with van der Waals surface area (Å²) < 4.78 is 5.36. The first-order valence-corrected chi connectivity index (χ1v) is 10.6. The van der Waals surface area contributed by atoms with Crippen LogP contribution in [-0.4, -0.2) is 30.8 Å². The summed E-state index contributed by atoms with van der Waals surface area (Å²) in [6, 6.07) is 29.6. The topological polar surface area (TPSA) is 15.7 Å². The van der Waals surface area contributed by atoms with E-state index >= 15 is 0 Å². The second-order valence-corrected chi connectivity index (χ2v) is 7.56. The Labute approximate surface area is 171 Å². The summed E-state index contributed by atoms with van der Waals surface area (Å²) in [6.07, 6.45) is 2.16. The third-order valence-electron chi connectivity index (χ3n) is 5.03. The Morgan fingerprint density at radius 1 is 0.750 bits per heavy atom. The van der Waals surface area contributed by atoms with E-state index in [1.165, 1.54) is 22.5 Å². The summed E-state index contributed by atoms with van der Waals surface area (Å²) >= 11 is 1.83. The number of hydrogen-bond acceptors (Lipinski definition) is 4. The van der Waals surface area contributed by atoms with Crippen molar-refractivity contribution in [1.82, 2.24) is 4.90 Å². The van der Waals surface area contributed by atoms with Crippen LogP contribution in [0.25, 0.3) is 11.4 Å². The second kappa shape index (κ2) is 8.03. The highest BCUT2D eigenvalue weighted by Gasteiger charge is 2.37. The molecule has 4 heteroatoms. The fraction of sp³-hybridized carbons (Fsp3) is 0.167. The summed E-state index contributed by atoms with van der Waals surface area (Å²) in [4.78, 5) is 4.79. The minimum atomic E-state index is 0.166. The molecule has 0 radical (unpaired) electrons. The summed E-state index contributed by atoms with van der Waals surface area (Å²) in [6.45, 7) is 0. The average molecular weight is 389 g/mol. The minimum Gasteiger partial charge on any atom is -0.497 e. The molecule has 142 valence electrons. The molecule has 1 heterocycles. The smallest absolute Gasteiger partial charge is 0.154 e. The lowest BCUT2D eigenvalue weighted by atomic mass is 10.0. The molecular formula is C24H24N2OS. The zero-order chi connectivity index (χ0) is 19.5. The third kappa shape index (κ3) is 3.25. The molecule has 0 spiro atoms. The molecule has 3 nitrogen and oxygen atoms in total. The van der Waals surface area contributed by atoms with Crippen LogP contribution < -0.4 is 9.64 Å². The number of methoxy groups -OCH3 is 1. The van der Waals surface area contributed by atoms with Crippen LogP contribution in [0.5, 0.6) is 5.75 Å².